The second-order valence-electron chi connectivity index (χ2n) is 6.87. The number of nitrogens with one attached hydrogen (secondary N) is 2. The highest BCUT2D eigenvalue weighted by Crippen LogP contribution is 2.37. The number of ketones is 1. The highest BCUT2D eigenvalue weighted by molar-refractivity contribution is 6.42. The van der Waals surface area contributed by atoms with E-state index in [-0.39, 0.29) is 18.2 Å². The Bertz CT molecular complexity index is 1150. The molecule has 0 saturated carbocycles. The van der Waals surface area contributed by atoms with E-state index in [1.54, 1.807) is 47.3 Å². The van der Waals surface area contributed by atoms with Crippen LogP contribution in [-0.2, 0) is 4.79 Å². The molecule has 1 aliphatic heterocycles. The summed E-state index contributed by atoms with van der Waals surface area (Å²) in [5.41, 5.74) is 2.42. The van der Waals surface area contributed by atoms with E-state index >= 15 is 0 Å². The number of fused-ring (bicyclic) bond motifs is 1. The number of carbonyl (C=O) groups excluding carboxylic acids is 2. The highest BCUT2D eigenvalue weighted by Gasteiger charge is 2.33. The average molecular weight is 441 g/mol. The quantitative estimate of drug-likeness (QED) is 0.573. The first kappa shape index (κ1) is 20.2. The van der Waals surface area contributed by atoms with E-state index in [2.05, 4.69) is 15.7 Å². The van der Waals surface area contributed by atoms with Gasteiger partial charge in [0.2, 0.25) is 0 Å². The Kier molecular flexibility index (Phi) is 5.61. The zero-order chi connectivity index (χ0) is 21.3. The number of nitrogens with zero attached hydrogens (tertiary/aromatic N) is 2. The standard InChI is InChI=1S/C22H18Cl2N4O2/c1-13-20(22(30)25-12-18(29)14-5-3-2-4-6-14)21(28-19(27-13)9-10-26-28)15-7-8-16(23)17(24)11-15/h2-11,21,27H,12H2,1H3,(H,25,30). The normalized spacial score (nSPS) is 15.4. The van der Waals surface area contributed by atoms with Crippen LogP contribution >= 0.6 is 23.2 Å². The van der Waals surface area contributed by atoms with Crippen LogP contribution in [0.25, 0.3) is 0 Å². The molecule has 0 saturated heterocycles. The van der Waals surface area contributed by atoms with Gasteiger partial charge in [-0.15, -0.1) is 0 Å². The van der Waals surface area contributed by atoms with Gasteiger partial charge in [0.25, 0.3) is 5.91 Å². The number of benzene rings is 2. The molecule has 2 N–H and O–H groups in total. The molecule has 6 nitrogen and oxygen atoms in total. The molecule has 1 aliphatic rings. The Morgan fingerprint density at radius 3 is 2.60 bits per heavy atom. The van der Waals surface area contributed by atoms with E-state index in [1.165, 1.54) is 0 Å². The van der Waals surface area contributed by atoms with Crippen LogP contribution in [-0.4, -0.2) is 28.0 Å². The van der Waals surface area contributed by atoms with E-state index in [1.807, 2.05) is 25.1 Å². The lowest BCUT2D eigenvalue weighted by Crippen LogP contribution is -2.37. The molecule has 1 aromatic heterocycles. The van der Waals surface area contributed by atoms with E-state index in [0.717, 1.165) is 11.4 Å². The van der Waals surface area contributed by atoms with Gasteiger partial charge in [-0.2, -0.15) is 5.10 Å². The maximum atomic E-state index is 13.2. The van der Waals surface area contributed by atoms with E-state index in [9.17, 15) is 9.59 Å². The number of carbonyl (C=O) groups is 2. The lowest BCUT2D eigenvalue weighted by Gasteiger charge is -2.30. The fourth-order valence-corrected chi connectivity index (χ4v) is 3.78. The number of amides is 1. The SMILES string of the molecule is CC1=C(C(=O)NCC(=O)c2ccccc2)C(c2ccc(Cl)c(Cl)c2)n2nccc2N1. The zero-order valence-corrected chi connectivity index (χ0v) is 17.5. The second kappa shape index (κ2) is 8.34. The van der Waals surface area contributed by atoms with Gasteiger partial charge in [-0.25, -0.2) is 4.68 Å². The number of Topliss-reactive ketones (excluding diaryl/α,β-unsaturated/α-hetero) is 1. The summed E-state index contributed by atoms with van der Waals surface area (Å²) >= 11 is 12.3. The summed E-state index contributed by atoms with van der Waals surface area (Å²) in [6.07, 6.45) is 1.65. The molecule has 2 aromatic carbocycles. The Labute approximate surface area is 183 Å². The fraction of sp³-hybridized carbons (Fsp3) is 0.136. The smallest absolute Gasteiger partial charge is 0.251 e. The first-order valence-corrected chi connectivity index (χ1v) is 10.0. The summed E-state index contributed by atoms with van der Waals surface area (Å²) in [4.78, 5) is 25.6. The maximum absolute atomic E-state index is 13.2. The summed E-state index contributed by atoms with van der Waals surface area (Å²) in [5, 5.41) is 11.1. The van der Waals surface area contributed by atoms with E-state index in [4.69, 9.17) is 23.2 Å². The molecule has 0 aliphatic carbocycles. The van der Waals surface area contributed by atoms with Gasteiger partial charge in [-0.05, 0) is 24.6 Å². The first-order valence-electron chi connectivity index (χ1n) is 9.28. The van der Waals surface area contributed by atoms with Crippen molar-refractivity contribution in [2.75, 3.05) is 11.9 Å². The summed E-state index contributed by atoms with van der Waals surface area (Å²) in [5.74, 6) is 0.221. The third kappa shape index (κ3) is 3.84. The predicted molar refractivity (Wildman–Crippen MR) is 117 cm³/mol. The monoisotopic (exact) mass is 440 g/mol. The van der Waals surface area contributed by atoms with Crippen LogP contribution in [0.15, 0.2) is 72.1 Å². The van der Waals surface area contributed by atoms with Crippen molar-refractivity contribution in [1.82, 2.24) is 15.1 Å². The van der Waals surface area contributed by atoms with Gasteiger partial charge in [0.1, 0.15) is 11.9 Å². The molecule has 0 bridgehead atoms. The lowest BCUT2D eigenvalue weighted by molar-refractivity contribution is -0.117. The molecule has 2 heterocycles. The maximum Gasteiger partial charge on any atom is 0.251 e. The minimum Gasteiger partial charge on any atom is -0.345 e. The van der Waals surface area contributed by atoms with Gasteiger partial charge >= 0.3 is 0 Å². The van der Waals surface area contributed by atoms with Crippen LogP contribution in [0.5, 0.6) is 0 Å². The summed E-state index contributed by atoms with van der Waals surface area (Å²) < 4.78 is 1.71. The molecular formula is C22H18Cl2N4O2. The van der Waals surface area contributed by atoms with Crippen LogP contribution < -0.4 is 10.6 Å². The number of anilines is 1. The Balaban J connectivity index is 1.64. The van der Waals surface area contributed by atoms with Crippen molar-refractivity contribution in [2.45, 2.75) is 13.0 Å². The number of allylic oxidation sites excluding steroid dienone is 1. The summed E-state index contributed by atoms with van der Waals surface area (Å²) in [7, 11) is 0. The van der Waals surface area contributed by atoms with Crippen molar-refractivity contribution in [2.24, 2.45) is 0 Å². The second-order valence-corrected chi connectivity index (χ2v) is 7.69. The number of rotatable bonds is 5. The van der Waals surface area contributed by atoms with Crippen molar-refractivity contribution in [3.63, 3.8) is 0 Å². The molecule has 30 heavy (non-hydrogen) atoms. The lowest BCUT2D eigenvalue weighted by atomic mass is 9.94. The van der Waals surface area contributed by atoms with Crippen LogP contribution in [0.1, 0.15) is 28.9 Å². The summed E-state index contributed by atoms with van der Waals surface area (Å²) in [6, 6.07) is 15.4. The number of halogens is 2. The molecule has 152 valence electrons. The molecule has 8 heteroatoms. The molecule has 3 aromatic rings. The van der Waals surface area contributed by atoms with E-state index in [0.29, 0.717) is 26.9 Å². The van der Waals surface area contributed by atoms with Crippen molar-refractivity contribution < 1.29 is 9.59 Å². The topological polar surface area (TPSA) is 76.0 Å². The van der Waals surface area contributed by atoms with Gasteiger partial charge in [0.15, 0.2) is 5.78 Å². The van der Waals surface area contributed by atoms with Crippen molar-refractivity contribution in [3.8, 4) is 0 Å². The van der Waals surface area contributed by atoms with Crippen LogP contribution in [0, 0.1) is 0 Å². The molecule has 0 radical (unpaired) electrons. The van der Waals surface area contributed by atoms with Gasteiger partial charge in [-0.1, -0.05) is 59.6 Å². The Morgan fingerprint density at radius 2 is 1.87 bits per heavy atom. The number of aromatic nitrogens is 2. The van der Waals surface area contributed by atoms with Crippen molar-refractivity contribution in [1.29, 1.82) is 0 Å². The van der Waals surface area contributed by atoms with Crippen molar-refractivity contribution in [3.05, 3.63) is 93.2 Å². The highest BCUT2D eigenvalue weighted by atomic mass is 35.5. The molecule has 1 unspecified atom stereocenters. The zero-order valence-electron chi connectivity index (χ0n) is 16.0. The third-order valence-corrected chi connectivity index (χ3v) is 5.66. The fourth-order valence-electron chi connectivity index (χ4n) is 3.47. The molecule has 1 atom stereocenters. The van der Waals surface area contributed by atoms with Gasteiger partial charge < -0.3 is 10.6 Å². The number of hydrogen-bond acceptors (Lipinski definition) is 4. The first-order chi connectivity index (χ1) is 14.5. The largest absolute Gasteiger partial charge is 0.345 e. The molecule has 1 amide bonds. The predicted octanol–water partition coefficient (Wildman–Crippen LogP) is 4.48. The molecule has 4 rings (SSSR count). The summed E-state index contributed by atoms with van der Waals surface area (Å²) in [6.45, 7) is 1.70. The molecule has 0 spiro atoms. The number of hydrogen-bond donors (Lipinski definition) is 2. The van der Waals surface area contributed by atoms with Crippen LogP contribution in [0.3, 0.4) is 0 Å². The van der Waals surface area contributed by atoms with Gasteiger partial charge in [0.05, 0.1) is 28.4 Å². The van der Waals surface area contributed by atoms with Crippen LogP contribution in [0.2, 0.25) is 10.0 Å². The van der Waals surface area contributed by atoms with Gasteiger partial charge in [-0.3, -0.25) is 9.59 Å². The minimum atomic E-state index is -0.516. The molecule has 0 fully saturated rings. The van der Waals surface area contributed by atoms with Crippen LogP contribution in [0.4, 0.5) is 5.82 Å². The van der Waals surface area contributed by atoms with Crippen molar-refractivity contribution >= 4 is 40.7 Å². The molecular weight excluding hydrogens is 423 g/mol. The third-order valence-electron chi connectivity index (χ3n) is 4.92. The van der Waals surface area contributed by atoms with E-state index < -0.39 is 6.04 Å². The van der Waals surface area contributed by atoms with Gasteiger partial charge in [0, 0.05) is 17.3 Å². The minimum absolute atomic E-state index is 0.111. The Hall–Kier alpha value is -3.09. The Morgan fingerprint density at radius 1 is 1.10 bits per heavy atom. The average Bonchev–Trinajstić information content (AvgIpc) is 3.21.